The van der Waals surface area contributed by atoms with Gasteiger partial charge in [-0.05, 0) is 18.1 Å². The lowest BCUT2D eigenvalue weighted by molar-refractivity contribution is -0.384. The van der Waals surface area contributed by atoms with Gasteiger partial charge < -0.3 is 5.11 Å². The minimum absolute atomic E-state index is 0.000556. The van der Waals surface area contributed by atoms with Gasteiger partial charge in [0.1, 0.15) is 0 Å². The van der Waals surface area contributed by atoms with E-state index in [1.165, 1.54) is 12.1 Å². The van der Waals surface area contributed by atoms with E-state index in [0.717, 1.165) is 6.07 Å². The van der Waals surface area contributed by atoms with Crippen LogP contribution in [0.3, 0.4) is 0 Å². The molecule has 1 rings (SSSR count). The number of carbonyl (C=O) groups excluding carboxylic acids is 1. The summed E-state index contributed by atoms with van der Waals surface area (Å²) in [6, 6.07) is 3.51. The zero-order chi connectivity index (χ0) is 12.3. The van der Waals surface area contributed by atoms with Crippen molar-refractivity contribution in [3.05, 3.63) is 39.4 Å². The third-order valence-electron chi connectivity index (χ3n) is 2.12. The highest BCUT2D eigenvalue weighted by Gasteiger charge is 2.19. The van der Waals surface area contributed by atoms with Crippen LogP contribution >= 0.6 is 0 Å². The Hall–Kier alpha value is -2.24. The lowest BCUT2D eigenvalue weighted by Crippen LogP contribution is -2.14. The van der Waals surface area contributed by atoms with E-state index in [4.69, 9.17) is 5.11 Å². The summed E-state index contributed by atoms with van der Waals surface area (Å²) < 4.78 is 0. The fraction of sp³-hybridized carbons (Fsp3) is 0.200. The largest absolute Gasteiger partial charge is 0.475 e. The fourth-order valence-electron chi connectivity index (χ4n) is 1.32. The normalized spacial score (nSPS) is 9.81. The van der Waals surface area contributed by atoms with Crippen LogP contribution in [0.5, 0.6) is 0 Å². The Morgan fingerprint density at radius 3 is 2.50 bits per heavy atom. The van der Waals surface area contributed by atoms with E-state index >= 15 is 0 Å². The van der Waals surface area contributed by atoms with Gasteiger partial charge >= 0.3 is 5.97 Å². The van der Waals surface area contributed by atoms with Crippen LogP contribution in [0.4, 0.5) is 5.69 Å². The third kappa shape index (κ3) is 2.22. The summed E-state index contributed by atoms with van der Waals surface area (Å²) in [6.07, 6.45) is 0.357. The van der Waals surface area contributed by atoms with E-state index in [2.05, 4.69) is 0 Å². The van der Waals surface area contributed by atoms with E-state index < -0.39 is 16.7 Å². The van der Waals surface area contributed by atoms with Gasteiger partial charge in [-0.1, -0.05) is 6.92 Å². The summed E-state index contributed by atoms with van der Waals surface area (Å²) in [6.45, 7) is 1.69. The zero-order valence-corrected chi connectivity index (χ0v) is 8.47. The second kappa shape index (κ2) is 4.52. The number of aliphatic carboxylic acids is 1. The predicted octanol–water partition coefficient (Wildman–Crippen LogP) is 1.42. The molecule has 6 heteroatoms. The molecular formula is C10H9NO5. The van der Waals surface area contributed by atoms with Gasteiger partial charge in [0, 0.05) is 17.7 Å². The monoisotopic (exact) mass is 223 g/mol. The molecule has 0 aliphatic carbocycles. The maximum absolute atomic E-state index is 11.2. The van der Waals surface area contributed by atoms with Gasteiger partial charge in [-0.3, -0.25) is 14.9 Å². The van der Waals surface area contributed by atoms with Crippen molar-refractivity contribution < 1.29 is 19.6 Å². The second-order valence-electron chi connectivity index (χ2n) is 3.09. The molecule has 0 amide bonds. The van der Waals surface area contributed by atoms with Gasteiger partial charge in [-0.2, -0.15) is 0 Å². The number of nitro groups is 1. The average Bonchev–Trinajstić information content (AvgIpc) is 2.26. The number of aryl methyl sites for hydroxylation is 1. The van der Waals surface area contributed by atoms with Crippen molar-refractivity contribution in [1.29, 1.82) is 0 Å². The molecule has 0 atom stereocenters. The van der Waals surface area contributed by atoms with Crippen molar-refractivity contribution in [2.75, 3.05) is 0 Å². The van der Waals surface area contributed by atoms with E-state index in [1.807, 2.05) is 0 Å². The molecule has 0 aliphatic rings. The minimum atomic E-state index is -1.57. The second-order valence-corrected chi connectivity index (χ2v) is 3.09. The summed E-state index contributed by atoms with van der Waals surface area (Å²) in [5.74, 6) is -2.62. The minimum Gasteiger partial charge on any atom is -0.475 e. The van der Waals surface area contributed by atoms with Crippen LogP contribution in [0, 0.1) is 10.1 Å². The Kier molecular flexibility index (Phi) is 3.34. The Bertz CT molecular complexity index is 466. The number of nitrogens with zero attached hydrogens (tertiary/aromatic N) is 1. The molecule has 0 aliphatic heterocycles. The van der Waals surface area contributed by atoms with E-state index in [1.54, 1.807) is 6.92 Å². The number of nitro benzene ring substituents is 1. The number of carboxylic acids is 1. The van der Waals surface area contributed by atoms with Crippen LogP contribution in [0.25, 0.3) is 0 Å². The number of non-ortho nitro benzene ring substituents is 1. The number of Topliss-reactive ketones (excluding diaryl/α,β-unsaturated/α-hetero) is 1. The lowest BCUT2D eigenvalue weighted by atomic mass is 10.0. The van der Waals surface area contributed by atoms with Crippen LogP contribution in [0.2, 0.25) is 0 Å². The van der Waals surface area contributed by atoms with Gasteiger partial charge in [0.15, 0.2) is 0 Å². The smallest absolute Gasteiger partial charge is 0.377 e. The van der Waals surface area contributed by atoms with Crippen LogP contribution in [-0.2, 0) is 11.2 Å². The first-order valence-corrected chi connectivity index (χ1v) is 4.52. The maximum atomic E-state index is 11.2. The molecule has 0 radical (unpaired) electrons. The fourth-order valence-corrected chi connectivity index (χ4v) is 1.32. The summed E-state index contributed by atoms with van der Waals surface area (Å²) in [7, 11) is 0. The van der Waals surface area contributed by atoms with Crippen LogP contribution in [0.15, 0.2) is 18.2 Å². The summed E-state index contributed by atoms with van der Waals surface area (Å²) in [5, 5.41) is 19.0. The molecule has 1 aromatic rings. The average molecular weight is 223 g/mol. The number of carboxylic acid groups (broad SMARTS) is 1. The number of rotatable bonds is 4. The van der Waals surface area contributed by atoms with Gasteiger partial charge in [0.25, 0.3) is 11.5 Å². The van der Waals surface area contributed by atoms with Crippen molar-refractivity contribution >= 4 is 17.4 Å². The van der Waals surface area contributed by atoms with Crippen LogP contribution in [-0.4, -0.2) is 21.8 Å². The molecule has 0 unspecified atom stereocenters. The van der Waals surface area contributed by atoms with Gasteiger partial charge in [0.2, 0.25) is 0 Å². The van der Waals surface area contributed by atoms with Crippen molar-refractivity contribution in [1.82, 2.24) is 0 Å². The summed E-state index contributed by atoms with van der Waals surface area (Å²) in [5.41, 5.74) is 0.209. The molecular weight excluding hydrogens is 214 g/mol. The molecule has 16 heavy (non-hydrogen) atoms. The first kappa shape index (κ1) is 11.8. The molecule has 0 saturated carbocycles. The van der Waals surface area contributed by atoms with E-state index in [-0.39, 0.29) is 11.3 Å². The van der Waals surface area contributed by atoms with E-state index in [9.17, 15) is 19.7 Å². The molecule has 0 heterocycles. The highest BCUT2D eigenvalue weighted by Crippen LogP contribution is 2.19. The SMILES string of the molecule is CCc1cc([N+](=O)[O-])ccc1C(=O)C(=O)O. The molecule has 1 aromatic carbocycles. The third-order valence-corrected chi connectivity index (χ3v) is 2.12. The molecule has 1 N–H and O–H groups in total. The highest BCUT2D eigenvalue weighted by molar-refractivity contribution is 6.40. The molecule has 84 valence electrons. The number of benzene rings is 1. The Morgan fingerprint density at radius 2 is 2.06 bits per heavy atom. The number of hydrogen-bond acceptors (Lipinski definition) is 4. The lowest BCUT2D eigenvalue weighted by Gasteiger charge is -2.03. The molecule has 0 aromatic heterocycles. The van der Waals surface area contributed by atoms with E-state index in [0.29, 0.717) is 12.0 Å². The van der Waals surface area contributed by atoms with Crippen molar-refractivity contribution in [3.8, 4) is 0 Å². The molecule has 6 nitrogen and oxygen atoms in total. The molecule has 0 bridgehead atoms. The van der Waals surface area contributed by atoms with Crippen molar-refractivity contribution in [2.24, 2.45) is 0 Å². The molecule has 0 spiro atoms. The Balaban J connectivity index is 3.27. The standard InChI is InChI=1S/C10H9NO5/c1-2-6-5-7(11(15)16)3-4-8(6)9(12)10(13)14/h3-5H,2H2,1H3,(H,13,14). The quantitative estimate of drug-likeness (QED) is 0.360. The Labute approximate surface area is 90.7 Å². The summed E-state index contributed by atoms with van der Waals surface area (Å²) in [4.78, 5) is 31.6. The van der Waals surface area contributed by atoms with Crippen molar-refractivity contribution in [2.45, 2.75) is 13.3 Å². The highest BCUT2D eigenvalue weighted by atomic mass is 16.6. The molecule has 0 saturated heterocycles. The Morgan fingerprint density at radius 1 is 1.44 bits per heavy atom. The first-order chi connectivity index (χ1) is 7.47. The predicted molar refractivity (Wildman–Crippen MR) is 54.4 cm³/mol. The topological polar surface area (TPSA) is 97.5 Å². The molecule has 0 fully saturated rings. The van der Waals surface area contributed by atoms with Gasteiger partial charge in [0.05, 0.1) is 4.92 Å². The number of hydrogen-bond donors (Lipinski definition) is 1. The number of ketones is 1. The van der Waals surface area contributed by atoms with Crippen LogP contribution in [0.1, 0.15) is 22.8 Å². The van der Waals surface area contributed by atoms with Crippen LogP contribution < -0.4 is 0 Å². The summed E-state index contributed by atoms with van der Waals surface area (Å²) >= 11 is 0. The first-order valence-electron chi connectivity index (χ1n) is 4.52. The number of carbonyl (C=O) groups is 2. The van der Waals surface area contributed by atoms with Crippen molar-refractivity contribution in [3.63, 3.8) is 0 Å². The van der Waals surface area contributed by atoms with Gasteiger partial charge in [-0.15, -0.1) is 0 Å². The zero-order valence-electron chi connectivity index (χ0n) is 8.47. The van der Waals surface area contributed by atoms with Gasteiger partial charge in [-0.25, -0.2) is 4.79 Å². The maximum Gasteiger partial charge on any atom is 0.377 e.